The third kappa shape index (κ3) is 3.03. The Kier molecular flexibility index (Phi) is 4.93. The van der Waals surface area contributed by atoms with Gasteiger partial charge in [0.05, 0.1) is 0 Å². The van der Waals surface area contributed by atoms with Crippen LogP contribution in [-0.2, 0) is 14.9 Å². The molecule has 0 radical (unpaired) electrons. The van der Waals surface area contributed by atoms with Gasteiger partial charge in [0, 0.05) is 13.2 Å². The van der Waals surface area contributed by atoms with Gasteiger partial charge in [0.1, 0.15) is 5.60 Å². The zero-order valence-electron chi connectivity index (χ0n) is 14.9. The maximum absolute atomic E-state index is 6.60. The highest BCUT2D eigenvalue weighted by atomic mass is 16.6. The molecule has 2 aromatic rings. The first kappa shape index (κ1) is 16.8. The Hall–Kier alpha value is -1.62. The Bertz CT molecular complexity index is 633. The summed E-state index contributed by atoms with van der Waals surface area (Å²) >= 11 is 0. The van der Waals surface area contributed by atoms with E-state index in [0.29, 0.717) is 5.92 Å². The van der Waals surface area contributed by atoms with Crippen LogP contribution in [-0.4, -0.2) is 20.4 Å². The molecule has 0 aromatic heterocycles. The van der Waals surface area contributed by atoms with Crippen LogP contribution in [0.5, 0.6) is 0 Å². The van der Waals surface area contributed by atoms with Crippen molar-refractivity contribution in [2.24, 2.45) is 5.92 Å². The Labute approximate surface area is 150 Å². The second-order valence-electron chi connectivity index (χ2n) is 7.20. The van der Waals surface area contributed by atoms with Crippen molar-refractivity contribution in [3.05, 3.63) is 71.8 Å². The number of hydrogen-bond donors (Lipinski definition) is 1. The van der Waals surface area contributed by atoms with Crippen LogP contribution in [0.15, 0.2) is 60.7 Å². The molecule has 4 rings (SSSR count). The van der Waals surface area contributed by atoms with E-state index in [1.165, 1.54) is 43.2 Å². The van der Waals surface area contributed by atoms with Crippen LogP contribution in [0.3, 0.4) is 0 Å². The molecule has 0 bridgehead atoms. The lowest BCUT2D eigenvalue weighted by atomic mass is 9.71. The van der Waals surface area contributed by atoms with E-state index in [4.69, 9.17) is 9.31 Å². The van der Waals surface area contributed by atoms with Gasteiger partial charge in [-0.25, -0.2) is 0 Å². The van der Waals surface area contributed by atoms with Gasteiger partial charge >= 0.3 is 7.25 Å². The molecule has 0 amide bonds. The van der Waals surface area contributed by atoms with Crippen molar-refractivity contribution in [1.29, 1.82) is 0 Å². The highest BCUT2D eigenvalue weighted by Gasteiger charge is 2.55. The molecular formula is C21H26BNO2. The molecule has 1 saturated heterocycles. The van der Waals surface area contributed by atoms with E-state index < -0.39 is 5.60 Å². The predicted octanol–water partition coefficient (Wildman–Crippen LogP) is 4.13. The lowest BCUT2D eigenvalue weighted by Gasteiger charge is -2.41. The third-order valence-corrected chi connectivity index (χ3v) is 5.79. The minimum absolute atomic E-state index is 0.211. The zero-order valence-corrected chi connectivity index (χ0v) is 14.9. The van der Waals surface area contributed by atoms with Crippen LogP contribution in [0, 0.1) is 5.92 Å². The molecule has 2 fully saturated rings. The van der Waals surface area contributed by atoms with Crippen molar-refractivity contribution >= 4 is 7.25 Å². The summed E-state index contributed by atoms with van der Waals surface area (Å²) in [5.41, 5.74) is 1.89. The fraction of sp³-hybridized carbons (Fsp3) is 0.429. The maximum Gasteiger partial charge on any atom is 0.555 e. The van der Waals surface area contributed by atoms with Gasteiger partial charge in [-0.05, 0) is 29.9 Å². The average Bonchev–Trinajstić information content (AvgIpc) is 3.11. The largest absolute Gasteiger partial charge is 0.555 e. The Morgan fingerprint density at radius 3 is 2.00 bits per heavy atom. The first-order valence-corrected chi connectivity index (χ1v) is 9.42. The van der Waals surface area contributed by atoms with Gasteiger partial charge in [-0.15, -0.1) is 0 Å². The van der Waals surface area contributed by atoms with Crippen LogP contribution in [0.4, 0.5) is 0 Å². The summed E-state index contributed by atoms with van der Waals surface area (Å²) in [7, 11) is 1.33. The molecule has 1 aliphatic carbocycles. The molecule has 1 unspecified atom stereocenters. The molecule has 0 spiro atoms. The van der Waals surface area contributed by atoms with Crippen molar-refractivity contribution in [3.8, 4) is 0 Å². The topological polar surface area (TPSA) is 30.5 Å². The molecule has 1 N–H and O–H groups in total. The minimum atomic E-state index is -0.509. The molecule has 130 valence electrons. The zero-order chi connectivity index (χ0) is 17.1. The fourth-order valence-corrected chi connectivity index (χ4v) is 4.63. The Morgan fingerprint density at radius 1 is 0.920 bits per heavy atom. The number of hydrogen-bond acceptors (Lipinski definition) is 3. The van der Waals surface area contributed by atoms with E-state index in [1.807, 2.05) is 0 Å². The van der Waals surface area contributed by atoms with Crippen molar-refractivity contribution in [2.45, 2.75) is 43.7 Å². The van der Waals surface area contributed by atoms with Crippen molar-refractivity contribution in [1.82, 2.24) is 5.23 Å². The van der Waals surface area contributed by atoms with E-state index in [9.17, 15) is 0 Å². The molecule has 4 heteroatoms. The van der Waals surface area contributed by atoms with E-state index >= 15 is 0 Å². The predicted molar refractivity (Wildman–Crippen MR) is 101 cm³/mol. The van der Waals surface area contributed by atoms with Crippen LogP contribution >= 0.6 is 0 Å². The molecule has 2 aromatic carbocycles. The Balaban J connectivity index is 1.84. The molecule has 1 aliphatic heterocycles. The van der Waals surface area contributed by atoms with Crippen LogP contribution < -0.4 is 5.23 Å². The summed E-state index contributed by atoms with van der Waals surface area (Å²) in [6.07, 6.45) is 6.46. The summed E-state index contributed by atoms with van der Waals surface area (Å²) in [6.45, 7) is 0. The van der Waals surface area contributed by atoms with E-state index in [2.05, 4.69) is 65.9 Å². The maximum atomic E-state index is 6.60. The summed E-state index contributed by atoms with van der Waals surface area (Å²) in [5.74, 6) is 0.592. The van der Waals surface area contributed by atoms with Gasteiger partial charge in [-0.1, -0.05) is 79.9 Å². The van der Waals surface area contributed by atoms with Crippen molar-refractivity contribution < 1.29 is 9.31 Å². The standard InChI is InChI=1S/C21H26BNO2/c1-24-22-23-20(17-11-5-2-6-12-17)21(25-22,18-13-7-3-8-14-18)19-15-9-4-10-16-19/h3-4,7-10,13-17,20,23H,2,5-6,11-12H2,1H3. The molecule has 1 heterocycles. The molecule has 1 saturated carbocycles. The monoisotopic (exact) mass is 335 g/mol. The Morgan fingerprint density at radius 2 is 1.48 bits per heavy atom. The normalized spacial score (nSPS) is 23.7. The van der Waals surface area contributed by atoms with Gasteiger partial charge in [-0.3, -0.25) is 5.23 Å². The minimum Gasteiger partial charge on any atom is -0.400 e. The first-order valence-electron chi connectivity index (χ1n) is 9.42. The quantitative estimate of drug-likeness (QED) is 0.852. The molecular weight excluding hydrogens is 309 g/mol. The fourth-order valence-electron chi connectivity index (χ4n) is 4.63. The second kappa shape index (κ2) is 7.32. The van der Waals surface area contributed by atoms with E-state index in [0.717, 1.165) is 0 Å². The summed E-state index contributed by atoms with van der Waals surface area (Å²) in [4.78, 5) is 0. The number of rotatable bonds is 4. The third-order valence-electron chi connectivity index (χ3n) is 5.79. The van der Waals surface area contributed by atoms with Crippen molar-refractivity contribution in [2.75, 3.05) is 7.11 Å². The van der Waals surface area contributed by atoms with Gasteiger partial charge in [0.15, 0.2) is 0 Å². The smallest absolute Gasteiger partial charge is 0.400 e. The van der Waals surface area contributed by atoms with Gasteiger partial charge in [0.25, 0.3) is 0 Å². The van der Waals surface area contributed by atoms with Crippen LogP contribution in [0.2, 0.25) is 0 Å². The van der Waals surface area contributed by atoms with E-state index in [1.54, 1.807) is 7.11 Å². The summed E-state index contributed by atoms with van der Waals surface area (Å²) in [6, 6.07) is 21.5. The van der Waals surface area contributed by atoms with Crippen LogP contribution in [0.25, 0.3) is 0 Å². The molecule has 2 aliphatic rings. The average molecular weight is 335 g/mol. The highest BCUT2D eigenvalue weighted by Crippen LogP contribution is 2.46. The highest BCUT2D eigenvalue weighted by molar-refractivity contribution is 6.42. The lowest BCUT2D eigenvalue weighted by molar-refractivity contribution is 0.0636. The van der Waals surface area contributed by atoms with Gasteiger partial charge < -0.3 is 9.31 Å². The van der Waals surface area contributed by atoms with Crippen LogP contribution in [0.1, 0.15) is 43.2 Å². The summed E-state index contributed by atoms with van der Waals surface area (Å²) < 4.78 is 12.2. The second-order valence-corrected chi connectivity index (χ2v) is 7.20. The van der Waals surface area contributed by atoms with Gasteiger partial charge in [0.2, 0.25) is 0 Å². The summed E-state index contributed by atoms with van der Waals surface area (Å²) in [5, 5.41) is 3.65. The number of nitrogens with one attached hydrogen (secondary N) is 1. The molecule has 1 atom stereocenters. The first-order chi connectivity index (χ1) is 12.3. The molecule has 25 heavy (non-hydrogen) atoms. The van der Waals surface area contributed by atoms with Gasteiger partial charge in [-0.2, -0.15) is 0 Å². The van der Waals surface area contributed by atoms with E-state index in [-0.39, 0.29) is 13.3 Å². The number of benzene rings is 2. The van der Waals surface area contributed by atoms with Crippen molar-refractivity contribution in [3.63, 3.8) is 0 Å². The SMILES string of the molecule is COB1NC(C2CCCCC2)C(c2ccccc2)(c2ccccc2)O1. The lowest BCUT2D eigenvalue weighted by Crippen LogP contribution is -2.48. The molecule has 3 nitrogen and oxygen atoms in total.